The van der Waals surface area contributed by atoms with Crippen molar-refractivity contribution < 1.29 is 9.53 Å². The fraction of sp³-hybridized carbons (Fsp3) is 0.300. The van der Waals surface area contributed by atoms with E-state index in [1.54, 1.807) is 6.92 Å². The highest BCUT2D eigenvalue weighted by atomic mass is 127. The van der Waals surface area contributed by atoms with Gasteiger partial charge < -0.3 is 10.1 Å². The van der Waals surface area contributed by atoms with Gasteiger partial charge in [-0.25, -0.2) is 4.79 Å². The molecule has 0 spiro atoms. The molecule has 1 N–H and O–H groups in total. The van der Waals surface area contributed by atoms with Crippen molar-refractivity contribution >= 4 is 45.8 Å². The van der Waals surface area contributed by atoms with Crippen molar-refractivity contribution in [1.29, 1.82) is 0 Å². The third kappa shape index (κ3) is 3.53. The summed E-state index contributed by atoms with van der Waals surface area (Å²) >= 11 is 8.17. The first-order valence-corrected chi connectivity index (χ1v) is 5.79. The van der Waals surface area contributed by atoms with Crippen LogP contribution in [0.4, 0.5) is 5.69 Å². The second-order valence-corrected chi connectivity index (χ2v) is 4.67. The first-order chi connectivity index (χ1) is 7.04. The molecule has 1 aromatic rings. The number of anilines is 1. The maximum atomic E-state index is 11.2. The average Bonchev–Trinajstić information content (AvgIpc) is 2.20. The molecular weight excluding hydrogens is 328 g/mol. The number of nitrogens with one attached hydrogen (secondary N) is 1. The third-order valence-electron chi connectivity index (χ3n) is 1.86. The standard InChI is InChI=1S/C10H11ClINO2/c1-6(10(14)15-2)13-9-4-3-7(12)5-8(9)11/h3-6,13H,1-2H3. The molecule has 3 nitrogen and oxygen atoms in total. The predicted octanol–water partition coefficient (Wildman–Crippen LogP) is 2.92. The fourth-order valence-corrected chi connectivity index (χ4v) is 1.99. The van der Waals surface area contributed by atoms with E-state index in [9.17, 15) is 4.79 Å². The van der Waals surface area contributed by atoms with Crippen LogP contribution in [-0.2, 0) is 9.53 Å². The van der Waals surface area contributed by atoms with Gasteiger partial charge in [-0.1, -0.05) is 11.6 Å². The molecule has 0 amide bonds. The summed E-state index contributed by atoms with van der Waals surface area (Å²) in [5, 5.41) is 3.57. The van der Waals surface area contributed by atoms with Crippen LogP contribution in [0.15, 0.2) is 18.2 Å². The van der Waals surface area contributed by atoms with Gasteiger partial charge in [-0.05, 0) is 47.7 Å². The topological polar surface area (TPSA) is 38.3 Å². The largest absolute Gasteiger partial charge is 0.467 e. The van der Waals surface area contributed by atoms with E-state index in [1.807, 2.05) is 18.2 Å². The van der Waals surface area contributed by atoms with E-state index in [-0.39, 0.29) is 5.97 Å². The Kier molecular flexibility index (Phi) is 4.66. The van der Waals surface area contributed by atoms with E-state index in [2.05, 4.69) is 32.6 Å². The van der Waals surface area contributed by atoms with Crippen LogP contribution < -0.4 is 5.32 Å². The maximum absolute atomic E-state index is 11.2. The lowest BCUT2D eigenvalue weighted by Gasteiger charge is -2.14. The summed E-state index contributed by atoms with van der Waals surface area (Å²) in [7, 11) is 1.36. The van der Waals surface area contributed by atoms with E-state index in [0.29, 0.717) is 5.02 Å². The van der Waals surface area contributed by atoms with Gasteiger partial charge in [0.05, 0.1) is 17.8 Å². The molecule has 0 fully saturated rings. The molecular formula is C10H11ClINO2. The number of halogens is 2. The van der Waals surface area contributed by atoms with Crippen molar-refractivity contribution in [3.05, 3.63) is 26.8 Å². The Morgan fingerprint density at radius 3 is 2.80 bits per heavy atom. The van der Waals surface area contributed by atoms with Crippen molar-refractivity contribution in [2.75, 3.05) is 12.4 Å². The van der Waals surface area contributed by atoms with Gasteiger partial charge in [0.15, 0.2) is 0 Å². The van der Waals surface area contributed by atoms with Crippen molar-refractivity contribution in [3.63, 3.8) is 0 Å². The van der Waals surface area contributed by atoms with Crippen LogP contribution in [-0.4, -0.2) is 19.1 Å². The minimum absolute atomic E-state index is 0.315. The Hall–Kier alpha value is -0.490. The maximum Gasteiger partial charge on any atom is 0.327 e. The molecule has 1 rings (SSSR count). The third-order valence-corrected chi connectivity index (χ3v) is 2.84. The monoisotopic (exact) mass is 339 g/mol. The number of ether oxygens (including phenoxy) is 1. The van der Waals surface area contributed by atoms with Gasteiger partial charge in [0, 0.05) is 3.57 Å². The molecule has 0 heterocycles. The summed E-state index contributed by atoms with van der Waals surface area (Å²) in [6.45, 7) is 1.72. The molecule has 82 valence electrons. The van der Waals surface area contributed by atoms with Crippen LogP contribution in [0.5, 0.6) is 0 Å². The molecule has 0 bridgehead atoms. The molecule has 0 aliphatic heterocycles. The van der Waals surface area contributed by atoms with Crippen LogP contribution in [0.1, 0.15) is 6.92 Å². The molecule has 0 aliphatic rings. The van der Waals surface area contributed by atoms with Gasteiger partial charge in [-0.15, -0.1) is 0 Å². The molecule has 15 heavy (non-hydrogen) atoms. The Morgan fingerprint density at radius 2 is 2.27 bits per heavy atom. The van der Waals surface area contributed by atoms with Crippen LogP contribution >= 0.6 is 34.2 Å². The van der Waals surface area contributed by atoms with Crippen LogP contribution in [0, 0.1) is 3.57 Å². The highest BCUT2D eigenvalue weighted by molar-refractivity contribution is 14.1. The Labute approximate surface area is 107 Å². The minimum Gasteiger partial charge on any atom is -0.467 e. The zero-order valence-corrected chi connectivity index (χ0v) is 11.3. The molecule has 0 saturated heterocycles. The van der Waals surface area contributed by atoms with Gasteiger partial charge >= 0.3 is 5.97 Å². The molecule has 0 saturated carbocycles. The van der Waals surface area contributed by atoms with Gasteiger partial charge in [-0.2, -0.15) is 0 Å². The lowest BCUT2D eigenvalue weighted by Crippen LogP contribution is -2.27. The van der Waals surface area contributed by atoms with Crippen molar-refractivity contribution in [2.24, 2.45) is 0 Å². The number of carbonyl (C=O) groups is 1. The molecule has 1 unspecified atom stereocenters. The summed E-state index contributed by atoms with van der Waals surface area (Å²) in [5.41, 5.74) is 0.731. The number of rotatable bonds is 3. The normalized spacial score (nSPS) is 12.0. The second kappa shape index (κ2) is 5.55. The van der Waals surface area contributed by atoms with E-state index >= 15 is 0 Å². The van der Waals surface area contributed by atoms with Crippen LogP contribution in [0.2, 0.25) is 5.02 Å². The van der Waals surface area contributed by atoms with E-state index < -0.39 is 6.04 Å². The number of benzene rings is 1. The Morgan fingerprint density at radius 1 is 1.60 bits per heavy atom. The Balaban J connectivity index is 2.76. The van der Waals surface area contributed by atoms with Gasteiger partial charge in [0.25, 0.3) is 0 Å². The van der Waals surface area contributed by atoms with Gasteiger partial charge in [0.2, 0.25) is 0 Å². The molecule has 1 atom stereocenters. The zero-order chi connectivity index (χ0) is 11.4. The lowest BCUT2D eigenvalue weighted by atomic mass is 10.2. The SMILES string of the molecule is COC(=O)C(C)Nc1ccc(I)cc1Cl. The predicted molar refractivity (Wildman–Crippen MR) is 69.3 cm³/mol. The van der Waals surface area contributed by atoms with Gasteiger partial charge in [0.1, 0.15) is 6.04 Å². The van der Waals surface area contributed by atoms with E-state index in [4.69, 9.17) is 11.6 Å². The Bertz CT molecular complexity index is 370. The quantitative estimate of drug-likeness (QED) is 0.680. The molecule has 0 radical (unpaired) electrons. The molecule has 1 aromatic carbocycles. The molecule has 5 heteroatoms. The number of methoxy groups -OCH3 is 1. The van der Waals surface area contributed by atoms with E-state index in [0.717, 1.165) is 9.26 Å². The molecule has 0 aliphatic carbocycles. The van der Waals surface area contributed by atoms with Crippen LogP contribution in [0.25, 0.3) is 0 Å². The van der Waals surface area contributed by atoms with Crippen molar-refractivity contribution in [2.45, 2.75) is 13.0 Å². The number of hydrogen-bond acceptors (Lipinski definition) is 3. The summed E-state index contributed by atoms with van der Waals surface area (Å²) < 4.78 is 5.65. The average molecular weight is 340 g/mol. The summed E-state index contributed by atoms with van der Waals surface area (Å²) in [5.74, 6) is -0.315. The zero-order valence-electron chi connectivity index (χ0n) is 8.38. The second-order valence-electron chi connectivity index (χ2n) is 3.01. The van der Waals surface area contributed by atoms with Crippen molar-refractivity contribution in [1.82, 2.24) is 0 Å². The number of carbonyl (C=O) groups excluding carboxylic acids is 1. The fourth-order valence-electron chi connectivity index (χ4n) is 1.08. The number of esters is 1. The first-order valence-electron chi connectivity index (χ1n) is 4.34. The van der Waals surface area contributed by atoms with Crippen LogP contribution in [0.3, 0.4) is 0 Å². The highest BCUT2D eigenvalue weighted by Crippen LogP contribution is 2.24. The van der Waals surface area contributed by atoms with Crippen molar-refractivity contribution in [3.8, 4) is 0 Å². The number of hydrogen-bond donors (Lipinski definition) is 1. The highest BCUT2D eigenvalue weighted by Gasteiger charge is 2.13. The first kappa shape index (κ1) is 12.6. The summed E-state index contributed by atoms with van der Waals surface area (Å²) in [6, 6.07) is 5.17. The van der Waals surface area contributed by atoms with Gasteiger partial charge in [-0.3, -0.25) is 0 Å². The minimum atomic E-state index is -0.410. The smallest absolute Gasteiger partial charge is 0.327 e. The lowest BCUT2D eigenvalue weighted by molar-refractivity contribution is -0.141. The summed E-state index contributed by atoms with van der Waals surface area (Å²) in [6.07, 6.45) is 0. The molecule has 0 aromatic heterocycles. The van der Waals surface area contributed by atoms with E-state index in [1.165, 1.54) is 7.11 Å². The summed E-state index contributed by atoms with van der Waals surface area (Å²) in [4.78, 5) is 11.2.